The van der Waals surface area contributed by atoms with E-state index in [-0.39, 0.29) is 0 Å². The molecule has 1 unspecified atom stereocenters. The molecular weight excluding hydrogens is 218 g/mol. The predicted molar refractivity (Wildman–Crippen MR) is 76.4 cm³/mol. The first-order valence-corrected chi connectivity index (χ1v) is 6.54. The van der Waals surface area contributed by atoms with Crippen molar-refractivity contribution in [3.63, 3.8) is 0 Å². The van der Waals surface area contributed by atoms with Crippen LogP contribution in [0.4, 0.5) is 5.69 Å². The third-order valence-corrected chi connectivity index (χ3v) is 3.98. The summed E-state index contributed by atoms with van der Waals surface area (Å²) in [6, 6.07) is 7.23. The SMILES string of the molecule is C1=C\C2=C/C=C\c3cccc4c3N(\C=C/1)C(C2)C4. The number of anilines is 1. The number of nitrogens with zero attached hydrogens (tertiary/aromatic N) is 1. The standard InChI is InChI=1S/C17H15N/c1-2-10-18-16-11-13(5-1)6-3-7-14-8-4-9-15(12-16)17(14)18/h1-10,16H,11-12H2/b5-1-,7-3-,10-2-,13-6+. The smallest absolute Gasteiger partial charge is 0.0515 e. The summed E-state index contributed by atoms with van der Waals surface area (Å²) in [4.78, 5) is 2.46. The van der Waals surface area contributed by atoms with Crippen molar-refractivity contribution < 1.29 is 0 Å². The quantitative estimate of drug-likeness (QED) is 0.658. The zero-order valence-electron chi connectivity index (χ0n) is 10.2. The van der Waals surface area contributed by atoms with Crippen LogP contribution < -0.4 is 4.90 Å². The molecule has 3 aliphatic rings. The van der Waals surface area contributed by atoms with Gasteiger partial charge in [0.15, 0.2) is 0 Å². The fraction of sp³-hybridized carbons (Fsp3) is 0.176. The van der Waals surface area contributed by atoms with Crippen LogP contribution in [0.2, 0.25) is 0 Å². The second-order valence-electron chi connectivity index (χ2n) is 5.13. The number of fused-ring (bicyclic) bond motifs is 1. The van der Waals surface area contributed by atoms with E-state index in [1.807, 2.05) is 0 Å². The van der Waals surface area contributed by atoms with Gasteiger partial charge in [-0.3, -0.25) is 0 Å². The molecule has 1 aromatic rings. The minimum atomic E-state index is 0.577. The zero-order chi connectivity index (χ0) is 11.9. The van der Waals surface area contributed by atoms with E-state index < -0.39 is 0 Å². The van der Waals surface area contributed by atoms with Crippen LogP contribution in [0.3, 0.4) is 0 Å². The number of allylic oxidation sites excluding steroid dienone is 5. The highest BCUT2D eigenvalue weighted by atomic mass is 15.2. The topological polar surface area (TPSA) is 3.24 Å². The van der Waals surface area contributed by atoms with Crippen LogP contribution >= 0.6 is 0 Å². The minimum absolute atomic E-state index is 0.577. The summed E-state index contributed by atoms with van der Waals surface area (Å²) in [6.45, 7) is 0. The lowest BCUT2D eigenvalue weighted by molar-refractivity contribution is 0.679. The molecule has 1 heteroatoms. The maximum absolute atomic E-state index is 2.46. The van der Waals surface area contributed by atoms with Crippen LogP contribution in [0, 0.1) is 0 Å². The van der Waals surface area contributed by atoms with Gasteiger partial charge in [0.25, 0.3) is 0 Å². The summed E-state index contributed by atoms with van der Waals surface area (Å²) in [7, 11) is 0. The Balaban J connectivity index is 2.01. The maximum atomic E-state index is 2.46. The molecule has 0 radical (unpaired) electrons. The van der Waals surface area contributed by atoms with E-state index in [1.54, 1.807) is 0 Å². The van der Waals surface area contributed by atoms with Crippen LogP contribution in [0.25, 0.3) is 6.08 Å². The van der Waals surface area contributed by atoms with Gasteiger partial charge in [0.05, 0.1) is 5.69 Å². The summed E-state index contributed by atoms with van der Waals surface area (Å²) in [5.41, 5.74) is 5.63. The van der Waals surface area contributed by atoms with E-state index in [4.69, 9.17) is 0 Å². The van der Waals surface area contributed by atoms with Gasteiger partial charge in [-0.05, 0) is 35.6 Å². The molecule has 0 amide bonds. The van der Waals surface area contributed by atoms with Crippen LogP contribution in [0.5, 0.6) is 0 Å². The fourth-order valence-electron chi connectivity index (χ4n) is 3.19. The molecule has 0 aromatic heterocycles. The molecular formula is C17H15N. The molecule has 0 fully saturated rings. The van der Waals surface area contributed by atoms with Gasteiger partial charge in [-0.1, -0.05) is 48.6 Å². The highest BCUT2D eigenvalue weighted by molar-refractivity contribution is 5.76. The van der Waals surface area contributed by atoms with Crippen LogP contribution in [0.15, 0.2) is 60.4 Å². The third kappa shape index (κ3) is 1.40. The Morgan fingerprint density at radius 2 is 2.00 bits per heavy atom. The average molecular weight is 233 g/mol. The van der Waals surface area contributed by atoms with Crippen molar-refractivity contribution in [2.75, 3.05) is 4.90 Å². The Hall–Kier alpha value is -2.02. The van der Waals surface area contributed by atoms with Crippen LogP contribution in [0.1, 0.15) is 17.5 Å². The average Bonchev–Trinajstić information content (AvgIpc) is 2.68. The molecule has 0 saturated carbocycles. The third-order valence-electron chi connectivity index (χ3n) is 3.98. The van der Waals surface area contributed by atoms with Gasteiger partial charge in [-0.25, -0.2) is 0 Å². The normalized spacial score (nSPS) is 31.4. The van der Waals surface area contributed by atoms with Gasteiger partial charge in [-0.2, -0.15) is 0 Å². The second-order valence-corrected chi connectivity index (χ2v) is 5.13. The van der Waals surface area contributed by atoms with Crippen molar-refractivity contribution in [2.45, 2.75) is 18.9 Å². The molecule has 1 aromatic carbocycles. The number of benzene rings is 1. The van der Waals surface area contributed by atoms with E-state index in [2.05, 4.69) is 65.8 Å². The van der Waals surface area contributed by atoms with E-state index >= 15 is 0 Å². The van der Waals surface area contributed by atoms with Gasteiger partial charge < -0.3 is 4.90 Å². The van der Waals surface area contributed by atoms with E-state index in [0.717, 1.165) is 12.8 Å². The molecule has 1 atom stereocenters. The number of para-hydroxylation sites is 1. The largest absolute Gasteiger partial charge is 0.344 e. The molecule has 3 aliphatic heterocycles. The zero-order valence-corrected chi connectivity index (χ0v) is 10.2. The molecule has 4 bridgehead atoms. The van der Waals surface area contributed by atoms with E-state index in [1.165, 1.54) is 22.4 Å². The molecule has 4 rings (SSSR count). The summed E-state index contributed by atoms with van der Waals surface area (Å²) in [5, 5.41) is 0. The van der Waals surface area contributed by atoms with Gasteiger partial charge in [-0.15, -0.1) is 0 Å². The number of hydrogen-bond donors (Lipinski definition) is 0. The van der Waals surface area contributed by atoms with Crippen molar-refractivity contribution in [2.24, 2.45) is 0 Å². The van der Waals surface area contributed by atoms with E-state index in [9.17, 15) is 0 Å². The lowest BCUT2D eigenvalue weighted by atomic mass is 9.99. The van der Waals surface area contributed by atoms with Crippen molar-refractivity contribution >= 4 is 11.8 Å². The van der Waals surface area contributed by atoms with Gasteiger partial charge in [0.1, 0.15) is 0 Å². The Morgan fingerprint density at radius 3 is 3.00 bits per heavy atom. The minimum Gasteiger partial charge on any atom is -0.344 e. The lowest BCUT2D eigenvalue weighted by Crippen LogP contribution is -2.27. The second kappa shape index (κ2) is 3.74. The molecule has 3 heterocycles. The molecule has 88 valence electrons. The van der Waals surface area contributed by atoms with Crippen LogP contribution in [-0.4, -0.2) is 6.04 Å². The highest BCUT2D eigenvalue weighted by Crippen LogP contribution is 2.39. The number of rotatable bonds is 0. The van der Waals surface area contributed by atoms with Gasteiger partial charge >= 0.3 is 0 Å². The lowest BCUT2D eigenvalue weighted by Gasteiger charge is -2.25. The number of hydrogen-bond acceptors (Lipinski definition) is 1. The summed E-state index contributed by atoms with van der Waals surface area (Å²) < 4.78 is 0. The van der Waals surface area contributed by atoms with E-state index in [0.29, 0.717) is 6.04 Å². The van der Waals surface area contributed by atoms with Gasteiger partial charge in [0, 0.05) is 12.2 Å². The van der Waals surface area contributed by atoms with Crippen molar-refractivity contribution in [3.05, 3.63) is 71.5 Å². The first-order chi connectivity index (χ1) is 8.92. The van der Waals surface area contributed by atoms with Crippen molar-refractivity contribution in [3.8, 4) is 0 Å². The first kappa shape index (κ1) is 9.95. The molecule has 0 N–H and O–H groups in total. The highest BCUT2D eigenvalue weighted by Gasteiger charge is 2.30. The summed E-state index contributed by atoms with van der Waals surface area (Å²) >= 11 is 0. The Labute approximate surface area is 107 Å². The Bertz CT molecular complexity index is 616. The Kier molecular flexibility index (Phi) is 2.07. The van der Waals surface area contributed by atoms with Crippen molar-refractivity contribution in [1.29, 1.82) is 0 Å². The molecule has 0 aliphatic carbocycles. The Morgan fingerprint density at radius 1 is 1.00 bits per heavy atom. The first-order valence-electron chi connectivity index (χ1n) is 6.54. The van der Waals surface area contributed by atoms with Gasteiger partial charge in [0.2, 0.25) is 0 Å². The molecule has 0 spiro atoms. The molecule has 18 heavy (non-hydrogen) atoms. The van der Waals surface area contributed by atoms with Crippen molar-refractivity contribution in [1.82, 2.24) is 0 Å². The maximum Gasteiger partial charge on any atom is 0.0515 e. The monoisotopic (exact) mass is 233 g/mol. The summed E-state index contributed by atoms with van der Waals surface area (Å²) in [5.74, 6) is 0. The fourth-order valence-corrected chi connectivity index (χ4v) is 3.19. The summed E-state index contributed by atoms with van der Waals surface area (Å²) in [6.07, 6.45) is 17.7. The predicted octanol–water partition coefficient (Wildman–Crippen LogP) is 3.84. The molecule has 0 saturated heterocycles. The van der Waals surface area contributed by atoms with Crippen LogP contribution in [-0.2, 0) is 6.42 Å². The molecule has 1 nitrogen and oxygen atoms in total.